The van der Waals surface area contributed by atoms with Gasteiger partial charge >= 0.3 is 0 Å². The number of hydrogen-bond donors (Lipinski definition) is 1. The molecule has 0 saturated carbocycles. The number of hydrogen-bond acceptors (Lipinski definition) is 2. The van der Waals surface area contributed by atoms with Crippen molar-refractivity contribution in [2.75, 3.05) is 14.1 Å². The summed E-state index contributed by atoms with van der Waals surface area (Å²) in [5, 5.41) is 9.89. The molecular weight excluding hydrogens is 222 g/mol. The first-order valence-electron chi connectivity index (χ1n) is 6.47. The lowest BCUT2D eigenvalue weighted by molar-refractivity contribution is 0.508. The fourth-order valence-corrected chi connectivity index (χ4v) is 1.56. The van der Waals surface area contributed by atoms with Gasteiger partial charge in [-0.3, -0.25) is 0 Å². The van der Waals surface area contributed by atoms with Crippen LogP contribution in [-0.2, 0) is 0 Å². The number of allylic oxidation sites excluding steroid dienone is 1. The summed E-state index contributed by atoms with van der Waals surface area (Å²) in [6.07, 6.45) is 9.15. The highest BCUT2D eigenvalue weighted by molar-refractivity contribution is 5.61. The standard InChI is InChI=1S/C16H23NO/c1-4-5-6-7-16(18)15-10-8-14(9-11-15)12-13-17(2)3/h7-13,18H,4-6H2,1-3H3. The second kappa shape index (κ2) is 7.59. The van der Waals surface area contributed by atoms with Crippen LogP contribution in [0.3, 0.4) is 0 Å². The first kappa shape index (κ1) is 14.4. The van der Waals surface area contributed by atoms with Gasteiger partial charge in [-0.2, -0.15) is 0 Å². The molecular formula is C16H23NO. The molecule has 98 valence electrons. The molecule has 1 N–H and O–H groups in total. The summed E-state index contributed by atoms with van der Waals surface area (Å²) in [7, 11) is 3.99. The van der Waals surface area contributed by atoms with Crippen LogP contribution in [0, 0.1) is 0 Å². The summed E-state index contributed by atoms with van der Waals surface area (Å²) < 4.78 is 0. The highest BCUT2D eigenvalue weighted by Gasteiger charge is 1.97. The molecule has 18 heavy (non-hydrogen) atoms. The Morgan fingerprint density at radius 1 is 1.22 bits per heavy atom. The van der Waals surface area contributed by atoms with Gasteiger partial charge in [-0.25, -0.2) is 0 Å². The van der Waals surface area contributed by atoms with Gasteiger partial charge in [0.15, 0.2) is 0 Å². The molecule has 0 unspecified atom stereocenters. The Labute approximate surface area is 110 Å². The summed E-state index contributed by atoms with van der Waals surface area (Å²) in [5.41, 5.74) is 2.02. The van der Waals surface area contributed by atoms with Gasteiger partial charge in [0.25, 0.3) is 0 Å². The number of aliphatic hydroxyl groups is 1. The highest BCUT2D eigenvalue weighted by atomic mass is 16.3. The predicted molar refractivity (Wildman–Crippen MR) is 79.3 cm³/mol. The Morgan fingerprint density at radius 3 is 2.44 bits per heavy atom. The SMILES string of the molecule is CCCCC=C(O)c1ccc(C=CN(C)C)cc1. The number of unbranched alkanes of at least 4 members (excludes halogenated alkanes) is 2. The van der Waals surface area contributed by atoms with Crippen LogP contribution in [0.1, 0.15) is 37.3 Å². The van der Waals surface area contributed by atoms with Crippen molar-refractivity contribution in [2.45, 2.75) is 26.2 Å². The molecule has 2 heteroatoms. The van der Waals surface area contributed by atoms with Crippen molar-refractivity contribution in [2.24, 2.45) is 0 Å². The van der Waals surface area contributed by atoms with E-state index < -0.39 is 0 Å². The molecule has 0 fully saturated rings. The normalized spacial score (nSPS) is 12.1. The Hall–Kier alpha value is -1.70. The second-order valence-electron chi connectivity index (χ2n) is 4.63. The van der Waals surface area contributed by atoms with E-state index in [0.717, 1.165) is 30.4 Å². The van der Waals surface area contributed by atoms with Crippen molar-refractivity contribution < 1.29 is 5.11 Å². The minimum Gasteiger partial charge on any atom is -0.508 e. The Balaban J connectivity index is 2.67. The predicted octanol–water partition coefficient (Wildman–Crippen LogP) is 4.31. The molecule has 0 bridgehead atoms. The second-order valence-corrected chi connectivity index (χ2v) is 4.63. The van der Waals surface area contributed by atoms with E-state index in [1.54, 1.807) is 0 Å². The van der Waals surface area contributed by atoms with Crippen molar-refractivity contribution in [1.82, 2.24) is 4.90 Å². The number of rotatable bonds is 6. The van der Waals surface area contributed by atoms with Crippen LogP contribution in [0.15, 0.2) is 36.5 Å². The molecule has 0 saturated heterocycles. The summed E-state index contributed by atoms with van der Waals surface area (Å²) in [5.74, 6) is 0.381. The van der Waals surface area contributed by atoms with E-state index in [9.17, 15) is 5.11 Å². The Bertz CT molecular complexity index is 402. The van der Waals surface area contributed by atoms with Crippen molar-refractivity contribution in [3.8, 4) is 0 Å². The van der Waals surface area contributed by atoms with E-state index in [1.165, 1.54) is 0 Å². The van der Waals surface area contributed by atoms with Crippen LogP contribution in [0.5, 0.6) is 0 Å². The van der Waals surface area contributed by atoms with Gasteiger partial charge in [-0.1, -0.05) is 37.6 Å². The minimum atomic E-state index is 0.381. The van der Waals surface area contributed by atoms with Gasteiger partial charge < -0.3 is 10.0 Å². The van der Waals surface area contributed by atoms with E-state index in [1.807, 2.05) is 61.6 Å². The number of benzene rings is 1. The fourth-order valence-electron chi connectivity index (χ4n) is 1.56. The van der Waals surface area contributed by atoms with Gasteiger partial charge in [-0.15, -0.1) is 0 Å². The van der Waals surface area contributed by atoms with Crippen molar-refractivity contribution >= 4 is 11.8 Å². The summed E-state index contributed by atoms with van der Waals surface area (Å²) in [6, 6.07) is 7.93. The maximum absolute atomic E-state index is 9.89. The van der Waals surface area contributed by atoms with Gasteiger partial charge in [-0.05, 0) is 36.8 Å². The summed E-state index contributed by atoms with van der Waals surface area (Å²) in [6.45, 7) is 2.15. The topological polar surface area (TPSA) is 23.5 Å². The fraction of sp³-hybridized carbons (Fsp3) is 0.375. The average Bonchev–Trinajstić information content (AvgIpc) is 2.37. The molecule has 0 aliphatic carbocycles. The largest absolute Gasteiger partial charge is 0.508 e. The first-order valence-corrected chi connectivity index (χ1v) is 6.47. The Morgan fingerprint density at radius 2 is 1.89 bits per heavy atom. The third-order valence-electron chi connectivity index (χ3n) is 2.67. The van der Waals surface area contributed by atoms with Gasteiger partial charge in [0.2, 0.25) is 0 Å². The molecule has 0 heterocycles. The van der Waals surface area contributed by atoms with E-state index in [-0.39, 0.29) is 0 Å². The van der Waals surface area contributed by atoms with Gasteiger partial charge in [0.1, 0.15) is 5.76 Å². The van der Waals surface area contributed by atoms with E-state index >= 15 is 0 Å². The van der Waals surface area contributed by atoms with Crippen LogP contribution >= 0.6 is 0 Å². The van der Waals surface area contributed by atoms with Crippen LogP contribution in [-0.4, -0.2) is 24.1 Å². The molecule has 1 aromatic rings. The zero-order valence-electron chi connectivity index (χ0n) is 11.6. The molecule has 0 amide bonds. The number of nitrogens with zero attached hydrogens (tertiary/aromatic N) is 1. The molecule has 0 radical (unpaired) electrons. The summed E-state index contributed by atoms with van der Waals surface area (Å²) >= 11 is 0. The molecule has 0 aliphatic heterocycles. The average molecular weight is 245 g/mol. The molecule has 0 aromatic heterocycles. The molecule has 1 rings (SSSR count). The zero-order chi connectivity index (χ0) is 13.4. The number of aliphatic hydroxyl groups excluding tert-OH is 1. The smallest absolute Gasteiger partial charge is 0.118 e. The lowest BCUT2D eigenvalue weighted by Crippen LogP contribution is -1.99. The zero-order valence-corrected chi connectivity index (χ0v) is 11.6. The molecule has 2 nitrogen and oxygen atoms in total. The van der Waals surface area contributed by atoms with E-state index in [0.29, 0.717) is 5.76 Å². The van der Waals surface area contributed by atoms with Crippen LogP contribution in [0.4, 0.5) is 0 Å². The van der Waals surface area contributed by atoms with Gasteiger partial charge in [0, 0.05) is 19.7 Å². The lowest BCUT2D eigenvalue weighted by Gasteiger charge is -2.04. The monoisotopic (exact) mass is 245 g/mol. The third-order valence-corrected chi connectivity index (χ3v) is 2.67. The summed E-state index contributed by atoms with van der Waals surface area (Å²) in [4.78, 5) is 2.00. The van der Waals surface area contributed by atoms with Gasteiger partial charge in [0.05, 0.1) is 0 Å². The molecule has 0 aliphatic rings. The lowest BCUT2D eigenvalue weighted by atomic mass is 10.1. The van der Waals surface area contributed by atoms with Crippen LogP contribution in [0.2, 0.25) is 0 Å². The minimum absolute atomic E-state index is 0.381. The first-order chi connectivity index (χ1) is 8.63. The van der Waals surface area contributed by atoms with Crippen LogP contribution < -0.4 is 0 Å². The Kier molecular flexibility index (Phi) is 6.06. The third kappa shape index (κ3) is 5.09. The van der Waals surface area contributed by atoms with Crippen molar-refractivity contribution in [3.05, 3.63) is 47.7 Å². The quantitative estimate of drug-likeness (QED) is 0.596. The van der Waals surface area contributed by atoms with E-state index in [2.05, 4.69) is 6.92 Å². The molecule has 0 atom stereocenters. The maximum atomic E-state index is 9.89. The van der Waals surface area contributed by atoms with Crippen molar-refractivity contribution in [1.29, 1.82) is 0 Å². The van der Waals surface area contributed by atoms with E-state index in [4.69, 9.17) is 0 Å². The molecule has 0 spiro atoms. The molecule has 1 aromatic carbocycles. The highest BCUT2D eigenvalue weighted by Crippen LogP contribution is 2.15. The maximum Gasteiger partial charge on any atom is 0.118 e. The van der Waals surface area contributed by atoms with Crippen molar-refractivity contribution in [3.63, 3.8) is 0 Å². The van der Waals surface area contributed by atoms with Crippen LogP contribution in [0.25, 0.3) is 11.8 Å².